The number of nitrogens with zero attached hydrogens (tertiary/aromatic N) is 3. The highest BCUT2D eigenvalue weighted by molar-refractivity contribution is 7.99. The van der Waals surface area contributed by atoms with Crippen LogP contribution in [-0.4, -0.2) is 48.2 Å². The van der Waals surface area contributed by atoms with Crippen LogP contribution in [0.1, 0.15) is 6.42 Å². The van der Waals surface area contributed by atoms with Crippen molar-refractivity contribution in [3.8, 4) is 39.8 Å². The number of benzene rings is 3. The average molecular weight is 537 g/mol. The Morgan fingerprint density at radius 3 is 2.03 bits per heavy atom. The van der Waals surface area contributed by atoms with Crippen molar-refractivity contribution in [2.45, 2.75) is 11.6 Å². The second kappa shape index (κ2) is 12.4. The molecule has 0 aliphatic carbocycles. The summed E-state index contributed by atoms with van der Waals surface area (Å²) in [4.78, 5) is 17.2. The molecule has 1 amide bonds. The van der Waals surface area contributed by atoms with E-state index in [1.54, 1.807) is 32.4 Å². The molecule has 4 aromatic rings. The number of methoxy groups -OCH3 is 3. The van der Waals surface area contributed by atoms with Crippen LogP contribution >= 0.6 is 23.4 Å². The maximum atomic E-state index is 12.4. The normalized spacial score (nSPS) is 10.6. The number of ether oxygens (including phenoxy) is 3. The lowest BCUT2D eigenvalue weighted by Gasteiger charge is -2.11. The van der Waals surface area contributed by atoms with Gasteiger partial charge in [0.2, 0.25) is 11.1 Å². The molecule has 1 aromatic heterocycles. The zero-order chi connectivity index (χ0) is 26.2. The predicted molar refractivity (Wildman–Crippen MR) is 146 cm³/mol. The zero-order valence-corrected chi connectivity index (χ0v) is 22.1. The van der Waals surface area contributed by atoms with Gasteiger partial charge in [0.1, 0.15) is 28.6 Å². The average Bonchev–Trinajstić information content (AvgIpc) is 2.93. The second-order valence-corrected chi connectivity index (χ2v) is 9.21. The summed E-state index contributed by atoms with van der Waals surface area (Å²) in [5.41, 5.74) is 3.66. The van der Waals surface area contributed by atoms with Crippen LogP contribution in [0.4, 0.5) is 5.69 Å². The number of halogens is 1. The molecule has 190 valence electrons. The molecule has 1 N–H and O–H groups in total. The quantitative estimate of drug-likeness (QED) is 0.246. The first-order valence-electron chi connectivity index (χ1n) is 11.3. The third kappa shape index (κ3) is 6.69. The van der Waals surface area contributed by atoms with Crippen LogP contribution in [0, 0.1) is 0 Å². The molecule has 0 radical (unpaired) electrons. The highest BCUT2D eigenvalue weighted by atomic mass is 35.5. The highest BCUT2D eigenvalue weighted by Crippen LogP contribution is 2.32. The Bertz CT molecular complexity index is 1370. The number of nitrogens with one attached hydrogen (secondary N) is 1. The summed E-state index contributed by atoms with van der Waals surface area (Å²) >= 11 is 7.49. The molecule has 8 nitrogen and oxygen atoms in total. The number of amides is 1. The van der Waals surface area contributed by atoms with Gasteiger partial charge in [-0.2, -0.15) is 0 Å². The van der Waals surface area contributed by atoms with Crippen molar-refractivity contribution >= 4 is 35.0 Å². The molecule has 0 unspecified atom stereocenters. The van der Waals surface area contributed by atoms with Gasteiger partial charge in [-0.15, -0.1) is 10.2 Å². The van der Waals surface area contributed by atoms with Crippen LogP contribution in [0.25, 0.3) is 22.5 Å². The second-order valence-electron chi connectivity index (χ2n) is 7.74. The van der Waals surface area contributed by atoms with Crippen LogP contribution in [0.2, 0.25) is 5.02 Å². The first-order chi connectivity index (χ1) is 18.0. The molecule has 1 heterocycles. The summed E-state index contributed by atoms with van der Waals surface area (Å²) in [5, 5.41) is 12.5. The van der Waals surface area contributed by atoms with Gasteiger partial charge < -0.3 is 19.5 Å². The molecule has 4 rings (SSSR count). The van der Waals surface area contributed by atoms with Gasteiger partial charge in [0.05, 0.1) is 26.4 Å². The van der Waals surface area contributed by atoms with Crippen LogP contribution in [-0.2, 0) is 4.79 Å². The van der Waals surface area contributed by atoms with E-state index >= 15 is 0 Å². The Labute approximate surface area is 224 Å². The molecule has 0 spiro atoms. The summed E-state index contributed by atoms with van der Waals surface area (Å²) < 4.78 is 15.7. The summed E-state index contributed by atoms with van der Waals surface area (Å²) in [5.74, 6) is 2.37. The Balaban J connectivity index is 1.49. The van der Waals surface area contributed by atoms with E-state index in [1.807, 2.05) is 48.5 Å². The van der Waals surface area contributed by atoms with Crippen LogP contribution in [0.5, 0.6) is 17.2 Å². The van der Waals surface area contributed by atoms with Gasteiger partial charge >= 0.3 is 0 Å². The van der Waals surface area contributed by atoms with Gasteiger partial charge in [0, 0.05) is 29.0 Å². The van der Waals surface area contributed by atoms with Crippen LogP contribution in [0.3, 0.4) is 0 Å². The largest absolute Gasteiger partial charge is 0.497 e. The summed E-state index contributed by atoms with van der Waals surface area (Å²) in [7, 11) is 4.78. The number of hydrogen-bond donors (Lipinski definition) is 1. The Kier molecular flexibility index (Phi) is 8.81. The van der Waals surface area contributed by atoms with E-state index in [0.29, 0.717) is 38.8 Å². The number of aromatic nitrogens is 3. The van der Waals surface area contributed by atoms with Gasteiger partial charge in [0.15, 0.2) is 0 Å². The lowest BCUT2D eigenvalue weighted by molar-refractivity contribution is -0.115. The number of thioether (sulfide) groups is 1. The Morgan fingerprint density at radius 1 is 0.838 bits per heavy atom. The van der Waals surface area contributed by atoms with E-state index in [9.17, 15) is 4.79 Å². The molecule has 10 heteroatoms. The van der Waals surface area contributed by atoms with Gasteiger partial charge in [0.25, 0.3) is 0 Å². The fourth-order valence-electron chi connectivity index (χ4n) is 3.47. The molecule has 0 bridgehead atoms. The first-order valence-corrected chi connectivity index (χ1v) is 12.7. The summed E-state index contributed by atoms with van der Waals surface area (Å²) in [6.07, 6.45) is 0.260. The molecule has 37 heavy (non-hydrogen) atoms. The molecule has 0 saturated carbocycles. The fourth-order valence-corrected chi connectivity index (χ4v) is 4.45. The minimum Gasteiger partial charge on any atom is -0.497 e. The number of anilines is 1. The van der Waals surface area contributed by atoms with Crippen molar-refractivity contribution < 1.29 is 19.0 Å². The minimum atomic E-state index is -0.146. The van der Waals surface area contributed by atoms with E-state index in [2.05, 4.69) is 15.5 Å². The molecule has 0 aliphatic heterocycles. The van der Waals surface area contributed by atoms with Crippen molar-refractivity contribution in [2.75, 3.05) is 32.4 Å². The standard InChI is InChI=1S/C27H25ClN4O4S/c1-34-20-9-4-17(5-10-20)25-26(18-6-11-21(35-2)12-7-18)31-32-27(30-25)37-15-14-24(33)29-19-8-13-23(36-3)22(28)16-19/h4-13,16H,14-15H2,1-3H3,(H,29,33). The molecular weight excluding hydrogens is 512 g/mol. The molecular formula is C27H25ClN4O4S. The molecule has 0 aliphatic rings. The zero-order valence-electron chi connectivity index (χ0n) is 20.5. The number of hydrogen-bond acceptors (Lipinski definition) is 8. The maximum absolute atomic E-state index is 12.4. The van der Waals surface area contributed by atoms with Crippen molar-refractivity contribution in [3.63, 3.8) is 0 Å². The maximum Gasteiger partial charge on any atom is 0.225 e. The Hall–Kier alpha value is -3.82. The predicted octanol–water partition coefficient (Wildman–Crippen LogP) is 6.01. The highest BCUT2D eigenvalue weighted by Gasteiger charge is 2.15. The molecule has 3 aromatic carbocycles. The first kappa shape index (κ1) is 26.2. The molecule has 0 saturated heterocycles. The number of rotatable bonds is 10. The van der Waals surface area contributed by atoms with Gasteiger partial charge in [-0.1, -0.05) is 23.4 Å². The van der Waals surface area contributed by atoms with Crippen molar-refractivity contribution in [2.24, 2.45) is 0 Å². The van der Waals surface area contributed by atoms with E-state index in [1.165, 1.54) is 18.9 Å². The van der Waals surface area contributed by atoms with Crippen LogP contribution in [0.15, 0.2) is 71.9 Å². The topological polar surface area (TPSA) is 95.5 Å². The third-order valence-electron chi connectivity index (χ3n) is 5.39. The van der Waals surface area contributed by atoms with E-state index in [0.717, 1.165) is 22.6 Å². The van der Waals surface area contributed by atoms with Crippen molar-refractivity contribution in [1.82, 2.24) is 15.2 Å². The van der Waals surface area contributed by atoms with Crippen LogP contribution < -0.4 is 19.5 Å². The smallest absolute Gasteiger partial charge is 0.225 e. The monoisotopic (exact) mass is 536 g/mol. The van der Waals surface area contributed by atoms with Crippen molar-refractivity contribution in [3.05, 3.63) is 71.8 Å². The Morgan fingerprint density at radius 2 is 1.46 bits per heavy atom. The lowest BCUT2D eigenvalue weighted by atomic mass is 10.0. The lowest BCUT2D eigenvalue weighted by Crippen LogP contribution is -2.12. The van der Waals surface area contributed by atoms with Gasteiger partial charge in [-0.05, 0) is 66.7 Å². The van der Waals surface area contributed by atoms with Gasteiger partial charge in [-0.3, -0.25) is 4.79 Å². The van der Waals surface area contributed by atoms with Crippen molar-refractivity contribution in [1.29, 1.82) is 0 Å². The summed E-state index contributed by atoms with van der Waals surface area (Å²) in [6.45, 7) is 0. The number of carbonyl (C=O) groups is 1. The van der Waals surface area contributed by atoms with E-state index in [4.69, 9.17) is 30.8 Å². The summed E-state index contributed by atoms with van der Waals surface area (Å²) in [6, 6.07) is 20.3. The van der Waals surface area contributed by atoms with E-state index < -0.39 is 0 Å². The molecule has 0 fully saturated rings. The van der Waals surface area contributed by atoms with Gasteiger partial charge in [-0.25, -0.2) is 4.98 Å². The minimum absolute atomic E-state index is 0.146. The number of carbonyl (C=O) groups excluding carboxylic acids is 1. The SMILES string of the molecule is COc1ccc(-c2nnc(SCCC(=O)Nc3ccc(OC)c(Cl)c3)nc2-c2ccc(OC)cc2)cc1. The molecule has 0 atom stereocenters. The van der Waals surface area contributed by atoms with E-state index in [-0.39, 0.29) is 12.3 Å². The fraction of sp³-hybridized carbons (Fsp3) is 0.185. The third-order valence-corrected chi connectivity index (χ3v) is 6.52.